The summed E-state index contributed by atoms with van der Waals surface area (Å²) < 4.78 is 81.3. The van der Waals surface area contributed by atoms with E-state index in [0.717, 1.165) is 28.7 Å². The second-order valence-electron chi connectivity index (χ2n) is 13.8. The van der Waals surface area contributed by atoms with E-state index in [2.05, 4.69) is 44.4 Å². The second-order valence-corrected chi connectivity index (χ2v) is 14.3. The topological polar surface area (TPSA) is 160 Å². The van der Waals surface area contributed by atoms with Gasteiger partial charge >= 0.3 is 18.3 Å². The Morgan fingerprint density at radius 1 is 1.02 bits per heavy atom. The Labute approximate surface area is 320 Å². The predicted octanol–water partition coefficient (Wildman–Crippen LogP) is 4.33. The molecular weight excluding hydrogens is 778 g/mol. The molecule has 2 aliphatic heterocycles. The Morgan fingerprint density at radius 3 is 2.20 bits per heavy atom. The normalized spacial score (nSPS) is 17.0. The summed E-state index contributed by atoms with van der Waals surface area (Å²) in [6, 6.07) is 4.44. The molecule has 0 saturated carbocycles. The molecule has 1 unspecified atom stereocenters. The average Bonchev–Trinajstić information content (AvgIpc) is 3.93. The number of hydrogen-bond donors (Lipinski definition) is 2. The Morgan fingerprint density at radius 2 is 1.68 bits per heavy atom. The number of aromatic amines is 1. The highest BCUT2D eigenvalue weighted by molar-refractivity contribution is 6.34. The molecule has 3 amide bonds. The number of carbonyl (C=O) groups is 4. The van der Waals surface area contributed by atoms with Crippen LogP contribution in [0.2, 0.25) is 5.02 Å². The van der Waals surface area contributed by atoms with Gasteiger partial charge in [0.15, 0.2) is 17.3 Å². The van der Waals surface area contributed by atoms with Gasteiger partial charge < -0.3 is 28.9 Å². The van der Waals surface area contributed by atoms with Crippen LogP contribution in [0.5, 0.6) is 0 Å². The number of quaternary nitrogens is 1. The molecule has 56 heavy (non-hydrogen) atoms. The van der Waals surface area contributed by atoms with Crippen LogP contribution in [0.1, 0.15) is 38.7 Å². The Balaban J connectivity index is 0.000000677. The molecule has 0 aliphatic carbocycles. The summed E-state index contributed by atoms with van der Waals surface area (Å²) in [7, 11) is 6.34. The summed E-state index contributed by atoms with van der Waals surface area (Å²) in [5.74, 6) is -2.90. The second kappa shape index (κ2) is 16.0. The lowest BCUT2D eigenvalue weighted by molar-refractivity contribution is -0.878. The van der Waals surface area contributed by atoms with E-state index in [-0.39, 0.29) is 56.9 Å². The molecule has 0 spiro atoms. The molecule has 302 valence electrons. The SMILES string of the molecule is COC(=O)C(F)(F)F.Cc1cn[nH]c1-n1cc(-c2cnc(C(=O)Nc3ccc(C(=O)N4CCN(C(=O)C5CC[N+](C)(C)C5)CC4)c(Cl)c3)n2C)c(C(F)(F)F)n1. The molecule has 1 atom stereocenters. The van der Waals surface area contributed by atoms with Gasteiger partial charge in [-0.25, -0.2) is 14.5 Å². The summed E-state index contributed by atoms with van der Waals surface area (Å²) in [4.78, 5) is 56.6. The molecular formula is C34H38ClF6N10O5+. The molecule has 6 rings (SSSR count). The number of anilines is 1. The van der Waals surface area contributed by atoms with Gasteiger partial charge in [0.25, 0.3) is 11.8 Å². The molecule has 5 heterocycles. The number of nitrogens with one attached hydrogen (secondary N) is 2. The van der Waals surface area contributed by atoms with E-state index in [9.17, 15) is 45.5 Å². The van der Waals surface area contributed by atoms with Crippen molar-refractivity contribution in [3.8, 4) is 17.1 Å². The number of carbonyl (C=O) groups excluding carboxylic acids is 4. The highest BCUT2D eigenvalue weighted by atomic mass is 35.5. The first-order chi connectivity index (χ1) is 26.1. The van der Waals surface area contributed by atoms with Crippen LogP contribution in [-0.2, 0) is 27.5 Å². The number of aromatic nitrogens is 6. The van der Waals surface area contributed by atoms with E-state index < -0.39 is 29.9 Å². The first-order valence-corrected chi connectivity index (χ1v) is 17.3. The van der Waals surface area contributed by atoms with Crippen LogP contribution in [0.3, 0.4) is 0 Å². The molecule has 4 aromatic rings. The Hall–Kier alpha value is -5.44. The zero-order valence-electron chi connectivity index (χ0n) is 30.8. The van der Waals surface area contributed by atoms with E-state index in [4.69, 9.17) is 11.6 Å². The van der Waals surface area contributed by atoms with Crippen LogP contribution in [0.15, 0.2) is 36.8 Å². The van der Waals surface area contributed by atoms with Gasteiger partial charge in [0.2, 0.25) is 5.91 Å². The molecule has 22 heteroatoms. The van der Waals surface area contributed by atoms with Crippen molar-refractivity contribution in [2.24, 2.45) is 13.0 Å². The fourth-order valence-corrected chi connectivity index (χ4v) is 6.70. The molecule has 1 aromatic carbocycles. The van der Waals surface area contributed by atoms with Gasteiger partial charge in [-0.05, 0) is 25.1 Å². The first kappa shape index (κ1) is 41.7. The van der Waals surface area contributed by atoms with Gasteiger partial charge in [-0.3, -0.25) is 19.5 Å². The molecule has 0 bridgehead atoms. The number of ether oxygens (including phenoxy) is 1. The lowest BCUT2D eigenvalue weighted by atomic mass is 10.1. The zero-order chi connectivity index (χ0) is 41.3. The summed E-state index contributed by atoms with van der Waals surface area (Å²) >= 11 is 6.49. The number of nitrogens with zero attached hydrogens (tertiary/aromatic N) is 8. The summed E-state index contributed by atoms with van der Waals surface area (Å²) in [6.07, 6.45) is -4.94. The van der Waals surface area contributed by atoms with Gasteiger partial charge in [-0.15, -0.1) is 0 Å². The molecule has 2 aliphatic rings. The lowest BCUT2D eigenvalue weighted by Crippen LogP contribution is -2.52. The molecule has 2 fully saturated rings. The maximum Gasteiger partial charge on any atom is 0.490 e. The number of H-pyrrole nitrogens is 1. The molecule has 15 nitrogen and oxygen atoms in total. The number of methoxy groups -OCH3 is 1. The minimum atomic E-state index is -4.85. The van der Waals surface area contributed by atoms with Crippen molar-refractivity contribution in [3.63, 3.8) is 0 Å². The Bertz CT molecular complexity index is 2120. The standard InChI is InChI=1S/C31H34ClF3N10O3.C3H3F3O2/c1-18-14-37-39-26(18)44-16-22(25(40-44)31(33,34)35)24-15-36-27(41(24)2)28(46)38-20-5-6-21(23(32)13-20)30(48)43-10-8-42(9-11-43)29(47)19-7-12-45(3,4)17-19;1-8-2(7)3(4,5)6/h5-6,13-16,19H,7-12,17H2,1-4H3,(H-,37,38,39,46,48);1H3/p+1. The number of aryl methyl sites for hydroxylation is 1. The third-order valence-corrected chi connectivity index (χ3v) is 9.69. The number of amides is 3. The number of alkyl halides is 6. The van der Waals surface area contributed by atoms with Crippen LogP contribution in [0.4, 0.5) is 32.0 Å². The largest absolute Gasteiger partial charge is 0.490 e. The van der Waals surface area contributed by atoms with Crippen molar-refractivity contribution >= 4 is 41.0 Å². The van der Waals surface area contributed by atoms with E-state index in [1.165, 1.54) is 48.4 Å². The van der Waals surface area contributed by atoms with Gasteiger partial charge in [0, 0.05) is 57.1 Å². The zero-order valence-corrected chi connectivity index (χ0v) is 31.5. The van der Waals surface area contributed by atoms with E-state index >= 15 is 0 Å². The average molecular weight is 816 g/mol. The number of likely N-dealkylation sites (tertiary alicyclic amines) is 1. The van der Waals surface area contributed by atoms with Crippen LogP contribution in [-0.4, -0.2) is 134 Å². The number of rotatable bonds is 6. The molecule has 3 aromatic heterocycles. The minimum Gasteiger partial charge on any atom is -0.462 e. The molecule has 0 radical (unpaired) electrons. The monoisotopic (exact) mass is 815 g/mol. The Kier molecular flexibility index (Phi) is 11.9. The smallest absolute Gasteiger partial charge is 0.462 e. The predicted molar refractivity (Wildman–Crippen MR) is 188 cm³/mol. The summed E-state index contributed by atoms with van der Waals surface area (Å²) in [6.45, 7) is 5.10. The third kappa shape index (κ3) is 9.15. The minimum absolute atomic E-state index is 0.00467. The van der Waals surface area contributed by atoms with Gasteiger partial charge in [0.05, 0.1) is 74.4 Å². The highest BCUT2D eigenvalue weighted by Crippen LogP contribution is 2.37. The fourth-order valence-electron chi connectivity index (χ4n) is 6.44. The van der Waals surface area contributed by atoms with E-state index in [1.54, 1.807) is 11.8 Å². The van der Waals surface area contributed by atoms with E-state index in [0.29, 0.717) is 38.9 Å². The fraction of sp³-hybridized carbons (Fsp3) is 0.441. The van der Waals surface area contributed by atoms with Crippen molar-refractivity contribution in [2.75, 3.05) is 65.8 Å². The van der Waals surface area contributed by atoms with Crippen molar-refractivity contribution in [2.45, 2.75) is 25.7 Å². The highest BCUT2D eigenvalue weighted by Gasteiger charge is 2.41. The van der Waals surface area contributed by atoms with Crippen LogP contribution in [0, 0.1) is 12.8 Å². The van der Waals surface area contributed by atoms with Crippen LogP contribution >= 0.6 is 11.6 Å². The van der Waals surface area contributed by atoms with Gasteiger partial charge in [-0.2, -0.15) is 36.5 Å². The van der Waals surface area contributed by atoms with Crippen molar-refractivity contribution in [3.05, 3.63) is 64.5 Å². The molecule has 2 saturated heterocycles. The summed E-state index contributed by atoms with van der Waals surface area (Å²) in [5.41, 5.74) is -0.313. The number of hydrogen-bond acceptors (Lipinski definition) is 8. The number of esters is 1. The van der Waals surface area contributed by atoms with E-state index in [1.807, 2.05) is 4.90 Å². The van der Waals surface area contributed by atoms with Gasteiger partial charge in [0.1, 0.15) is 0 Å². The third-order valence-electron chi connectivity index (χ3n) is 9.38. The summed E-state index contributed by atoms with van der Waals surface area (Å²) in [5, 5.41) is 13.0. The molecule has 2 N–H and O–H groups in total. The van der Waals surface area contributed by atoms with Crippen molar-refractivity contribution in [1.82, 2.24) is 39.3 Å². The van der Waals surface area contributed by atoms with Crippen LogP contribution in [0.25, 0.3) is 17.1 Å². The number of benzene rings is 1. The van der Waals surface area contributed by atoms with Crippen LogP contribution < -0.4 is 5.32 Å². The maximum atomic E-state index is 14.0. The van der Waals surface area contributed by atoms with Gasteiger partial charge in [-0.1, -0.05) is 11.6 Å². The first-order valence-electron chi connectivity index (χ1n) is 17.0. The quantitative estimate of drug-likeness (QED) is 0.165. The van der Waals surface area contributed by atoms with Crippen molar-refractivity contribution in [1.29, 1.82) is 0 Å². The number of halogens is 7. The van der Waals surface area contributed by atoms with Crippen molar-refractivity contribution < 1.29 is 54.7 Å². The lowest BCUT2D eigenvalue weighted by Gasteiger charge is -2.36. The number of piperazine rings is 1. The maximum absolute atomic E-state index is 14.0. The number of imidazole rings is 1.